The van der Waals surface area contributed by atoms with Crippen LogP contribution in [0, 0.1) is 0 Å². The molecule has 0 aromatic heterocycles. The van der Waals surface area contributed by atoms with E-state index in [1.165, 1.54) is 0 Å². The SMILES string of the molecule is O=C(O)CC(O)CN1CCCCC1CO. The summed E-state index contributed by atoms with van der Waals surface area (Å²) in [5, 5.41) is 27.1. The van der Waals surface area contributed by atoms with Gasteiger partial charge in [-0.25, -0.2) is 0 Å². The van der Waals surface area contributed by atoms with Crippen LogP contribution in [-0.2, 0) is 4.79 Å². The van der Waals surface area contributed by atoms with E-state index < -0.39 is 12.1 Å². The summed E-state index contributed by atoms with van der Waals surface area (Å²) in [4.78, 5) is 12.4. The van der Waals surface area contributed by atoms with Crippen molar-refractivity contribution in [3.05, 3.63) is 0 Å². The van der Waals surface area contributed by atoms with Crippen LogP contribution in [0.5, 0.6) is 0 Å². The summed E-state index contributed by atoms with van der Waals surface area (Å²) >= 11 is 0. The number of β-amino-alcohol motifs (C(OH)–C–C–N with tert-alkyl or cyclic N) is 1. The molecular formula is C10H19NO4. The molecule has 88 valence electrons. The fraction of sp³-hybridized carbons (Fsp3) is 0.900. The van der Waals surface area contributed by atoms with Gasteiger partial charge in [0.05, 0.1) is 19.1 Å². The topological polar surface area (TPSA) is 81.0 Å². The molecule has 0 radical (unpaired) electrons. The number of likely N-dealkylation sites (tertiary alicyclic amines) is 1. The molecule has 0 aromatic carbocycles. The Morgan fingerprint density at radius 2 is 2.20 bits per heavy atom. The first-order valence-corrected chi connectivity index (χ1v) is 5.38. The molecule has 5 heteroatoms. The van der Waals surface area contributed by atoms with Gasteiger partial charge in [-0.05, 0) is 19.4 Å². The van der Waals surface area contributed by atoms with Crippen molar-refractivity contribution >= 4 is 5.97 Å². The Morgan fingerprint density at radius 1 is 1.47 bits per heavy atom. The van der Waals surface area contributed by atoms with Gasteiger partial charge in [0.2, 0.25) is 0 Å². The van der Waals surface area contributed by atoms with E-state index in [-0.39, 0.29) is 19.1 Å². The van der Waals surface area contributed by atoms with Crippen LogP contribution >= 0.6 is 0 Å². The molecule has 1 heterocycles. The average Bonchev–Trinajstić information content (AvgIpc) is 2.17. The fourth-order valence-corrected chi connectivity index (χ4v) is 2.04. The van der Waals surface area contributed by atoms with Crippen LogP contribution in [-0.4, -0.2) is 58.0 Å². The molecule has 0 bridgehead atoms. The minimum absolute atomic E-state index is 0.0831. The molecule has 0 aliphatic carbocycles. The minimum atomic E-state index is -0.986. The van der Waals surface area contributed by atoms with E-state index in [4.69, 9.17) is 10.2 Å². The second kappa shape index (κ2) is 6.05. The van der Waals surface area contributed by atoms with Gasteiger partial charge in [0.25, 0.3) is 0 Å². The molecule has 2 unspecified atom stereocenters. The second-order valence-electron chi connectivity index (χ2n) is 4.08. The van der Waals surface area contributed by atoms with Gasteiger partial charge in [-0.15, -0.1) is 0 Å². The highest BCUT2D eigenvalue weighted by Gasteiger charge is 2.24. The molecular weight excluding hydrogens is 198 g/mol. The van der Waals surface area contributed by atoms with Crippen molar-refractivity contribution in [2.75, 3.05) is 19.7 Å². The molecule has 0 aromatic rings. The highest BCUT2D eigenvalue weighted by atomic mass is 16.4. The monoisotopic (exact) mass is 217 g/mol. The summed E-state index contributed by atoms with van der Waals surface area (Å²) in [5.41, 5.74) is 0. The van der Waals surface area contributed by atoms with Crippen LogP contribution in [0.2, 0.25) is 0 Å². The highest BCUT2D eigenvalue weighted by Crippen LogP contribution is 2.17. The van der Waals surface area contributed by atoms with Crippen LogP contribution in [0.25, 0.3) is 0 Å². The van der Waals surface area contributed by atoms with Gasteiger partial charge in [-0.1, -0.05) is 6.42 Å². The van der Waals surface area contributed by atoms with E-state index in [2.05, 4.69) is 0 Å². The number of hydrogen-bond donors (Lipinski definition) is 3. The molecule has 2 atom stereocenters. The van der Waals surface area contributed by atoms with Crippen LogP contribution in [0.4, 0.5) is 0 Å². The lowest BCUT2D eigenvalue weighted by atomic mass is 10.0. The van der Waals surface area contributed by atoms with Crippen molar-refractivity contribution in [2.45, 2.75) is 37.8 Å². The van der Waals surface area contributed by atoms with Crippen LogP contribution in [0.3, 0.4) is 0 Å². The van der Waals surface area contributed by atoms with Gasteiger partial charge in [-0.3, -0.25) is 9.69 Å². The fourth-order valence-electron chi connectivity index (χ4n) is 2.04. The normalized spacial score (nSPS) is 25.1. The van der Waals surface area contributed by atoms with Gasteiger partial charge < -0.3 is 15.3 Å². The summed E-state index contributed by atoms with van der Waals surface area (Å²) in [6, 6.07) is 0.0854. The van der Waals surface area contributed by atoms with Gasteiger partial charge in [-0.2, -0.15) is 0 Å². The minimum Gasteiger partial charge on any atom is -0.481 e. The van der Waals surface area contributed by atoms with Crippen LogP contribution in [0.1, 0.15) is 25.7 Å². The molecule has 0 saturated carbocycles. The summed E-state index contributed by atoms with van der Waals surface area (Å²) in [5.74, 6) is -0.986. The van der Waals surface area contributed by atoms with E-state index in [1.54, 1.807) is 0 Å². The van der Waals surface area contributed by atoms with Gasteiger partial charge in [0.15, 0.2) is 0 Å². The molecule has 1 aliphatic heterocycles. The predicted molar refractivity (Wildman–Crippen MR) is 54.6 cm³/mol. The number of hydrogen-bond acceptors (Lipinski definition) is 4. The highest BCUT2D eigenvalue weighted by molar-refractivity contribution is 5.67. The second-order valence-corrected chi connectivity index (χ2v) is 4.08. The molecule has 5 nitrogen and oxygen atoms in total. The molecule has 0 amide bonds. The lowest BCUT2D eigenvalue weighted by molar-refractivity contribution is -0.139. The van der Waals surface area contributed by atoms with Crippen molar-refractivity contribution < 1.29 is 20.1 Å². The number of carboxylic acid groups (broad SMARTS) is 1. The van der Waals surface area contributed by atoms with Gasteiger partial charge >= 0.3 is 5.97 Å². The van der Waals surface area contributed by atoms with Crippen molar-refractivity contribution in [3.8, 4) is 0 Å². The van der Waals surface area contributed by atoms with Crippen molar-refractivity contribution in [1.82, 2.24) is 4.90 Å². The molecule has 3 N–H and O–H groups in total. The maximum Gasteiger partial charge on any atom is 0.306 e. The Kier molecular flexibility index (Phi) is 5.01. The molecule has 1 saturated heterocycles. The van der Waals surface area contributed by atoms with Gasteiger partial charge in [0.1, 0.15) is 0 Å². The third kappa shape index (κ3) is 4.15. The van der Waals surface area contributed by atoms with E-state index in [0.717, 1.165) is 25.8 Å². The van der Waals surface area contributed by atoms with Crippen LogP contribution < -0.4 is 0 Å². The molecule has 1 rings (SSSR count). The van der Waals surface area contributed by atoms with Crippen molar-refractivity contribution in [2.24, 2.45) is 0 Å². The van der Waals surface area contributed by atoms with Crippen LogP contribution in [0.15, 0.2) is 0 Å². The van der Waals surface area contributed by atoms with E-state index in [1.807, 2.05) is 4.90 Å². The number of aliphatic hydroxyl groups excluding tert-OH is 2. The lowest BCUT2D eigenvalue weighted by Crippen LogP contribution is -2.45. The number of carbonyl (C=O) groups is 1. The number of aliphatic carboxylic acids is 1. The summed E-state index contributed by atoms with van der Waals surface area (Å²) in [6.45, 7) is 1.26. The number of nitrogens with zero attached hydrogens (tertiary/aromatic N) is 1. The first kappa shape index (κ1) is 12.4. The Bertz CT molecular complexity index is 210. The zero-order chi connectivity index (χ0) is 11.3. The van der Waals surface area contributed by atoms with Crippen molar-refractivity contribution in [1.29, 1.82) is 0 Å². The third-order valence-corrected chi connectivity index (χ3v) is 2.82. The smallest absolute Gasteiger partial charge is 0.306 e. The van der Waals surface area contributed by atoms with Crippen molar-refractivity contribution in [3.63, 3.8) is 0 Å². The molecule has 1 aliphatic rings. The Morgan fingerprint density at radius 3 is 2.80 bits per heavy atom. The Labute approximate surface area is 89.3 Å². The third-order valence-electron chi connectivity index (χ3n) is 2.82. The number of aliphatic hydroxyl groups is 2. The van der Waals surface area contributed by atoms with E-state index in [0.29, 0.717) is 6.54 Å². The van der Waals surface area contributed by atoms with E-state index >= 15 is 0 Å². The Hall–Kier alpha value is -0.650. The first-order valence-electron chi connectivity index (χ1n) is 5.38. The molecule has 1 fully saturated rings. The average molecular weight is 217 g/mol. The zero-order valence-electron chi connectivity index (χ0n) is 8.80. The summed E-state index contributed by atoms with van der Waals surface area (Å²) in [7, 11) is 0. The predicted octanol–water partition coefficient (Wildman–Crippen LogP) is -0.331. The number of piperidine rings is 1. The first-order chi connectivity index (χ1) is 7.13. The zero-order valence-corrected chi connectivity index (χ0v) is 8.80. The van der Waals surface area contributed by atoms with E-state index in [9.17, 15) is 9.90 Å². The summed E-state index contributed by atoms with van der Waals surface area (Å²) < 4.78 is 0. The van der Waals surface area contributed by atoms with Gasteiger partial charge in [0, 0.05) is 12.6 Å². The molecule has 0 spiro atoms. The number of rotatable bonds is 5. The maximum atomic E-state index is 10.4. The largest absolute Gasteiger partial charge is 0.481 e. The quantitative estimate of drug-likeness (QED) is 0.587. The lowest BCUT2D eigenvalue weighted by Gasteiger charge is -2.35. The maximum absolute atomic E-state index is 10.4. The summed E-state index contributed by atoms with van der Waals surface area (Å²) in [6.07, 6.45) is 2.01. The molecule has 15 heavy (non-hydrogen) atoms. The Balaban J connectivity index is 2.37. The standard InChI is InChI=1S/C10H19NO4/c12-7-8-3-1-2-4-11(8)6-9(13)5-10(14)15/h8-9,12-13H,1-7H2,(H,14,15). The number of carboxylic acids is 1.